The number of carbonyl (C=O) groups excluding carboxylic acids is 1. The van der Waals surface area contributed by atoms with E-state index in [4.69, 9.17) is 4.74 Å². The van der Waals surface area contributed by atoms with Gasteiger partial charge in [0.05, 0.1) is 0 Å². The number of benzene rings is 2. The van der Waals surface area contributed by atoms with Crippen LogP contribution in [0.25, 0.3) is 5.57 Å². The van der Waals surface area contributed by atoms with E-state index in [0.29, 0.717) is 25.9 Å². The van der Waals surface area contributed by atoms with Gasteiger partial charge in [0.2, 0.25) is 0 Å². The van der Waals surface area contributed by atoms with Gasteiger partial charge in [-0.15, -0.1) is 12.4 Å². The zero-order valence-electron chi connectivity index (χ0n) is 21.3. The predicted molar refractivity (Wildman–Crippen MR) is 139 cm³/mol. The van der Waals surface area contributed by atoms with Gasteiger partial charge in [-0.3, -0.25) is 4.90 Å². The summed E-state index contributed by atoms with van der Waals surface area (Å²) in [6.45, 7) is 9.52. The van der Waals surface area contributed by atoms with Crippen molar-refractivity contribution in [2.45, 2.75) is 63.8 Å². The summed E-state index contributed by atoms with van der Waals surface area (Å²) in [6.07, 6.45) is 3.46. The summed E-state index contributed by atoms with van der Waals surface area (Å²) in [5.41, 5.74) is -0.196. The fourth-order valence-electron chi connectivity index (χ4n) is 5.38. The van der Waals surface area contributed by atoms with E-state index in [9.17, 15) is 18.7 Å². The van der Waals surface area contributed by atoms with Crippen LogP contribution in [-0.4, -0.2) is 57.5 Å². The number of hydrogen-bond donors (Lipinski definition) is 1. The first-order valence-electron chi connectivity index (χ1n) is 12.1. The molecule has 2 saturated heterocycles. The highest BCUT2D eigenvalue weighted by molar-refractivity contribution is 5.85. The van der Waals surface area contributed by atoms with Crippen LogP contribution in [0.4, 0.5) is 13.6 Å². The van der Waals surface area contributed by atoms with Crippen LogP contribution < -0.4 is 0 Å². The van der Waals surface area contributed by atoms with Crippen LogP contribution in [0.5, 0.6) is 0 Å². The first-order chi connectivity index (χ1) is 16.4. The monoisotopic (exact) mass is 520 g/mol. The van der Waals surface area contributed by atoms with Gasteiger partial charge in [0.1, 0.15) is 11.6 Å². The Bertz CT molecular complexity index is 1040. The third-order valence-electron chi connectivity index (χ3n) is 7.20. The van der Waals surface area contributed by atoms with Crippen molar-refractivity contribution >= 4 is 24.1 Å². The van der Waals surface area contributed by atoms with E-state index in [2.05, 4.69) is 11.0 Å². The van der Waals surface area contributed by atoms with Crippen molar-refractivity contribution in [2.24, 2.45) is 0 Å². The third-order valence-corrected chi connectivity index (χ3v) is 7.20. The summed E-state index contributed by atoms with van der Waals surface area (Å²) in [5.74, 6) is -0.606. The number of halogens is 3. The standard InChI is InChI=1S/C28H34F2N2O3.ClH/c1-26(2,3)32-25(33)35-28(27(32,4)34)15-18-31(19-16-28)17-5-6-24(20-7-11-22(29)12-8-20)21-9-13-23(30)14-10-21;/h6-14,34H,5,15-19H2,1-4H3;1H. The molecule has 1 unspecified atom stereocenters. The minimum Gasteiger partial charge on any atom is -0.437 e. The summed E-state index contributed by atoms with van der Waals surface area (Å²) in [5, 5.41) is 11.4. The number of nitrogens with zero attached hydrogens (tertiary/aromatic N) is 2. The largest absolute Gasteiger partial charge is 0.437 e. The number of piperidine rings is 1. The molecular formula is C28H35ClF2N2O3. The molecule has 5 nitrogen and oxygen atoms in total. The van der Waals surface area contributed by atoms with Crippen LogP contribution in [0.2, 0.25) is 0 Å². The topological polar surface area (TPSA) is 53.0 Å². The van der Waals surface area contributed by atoms with Crippen molar-refractivity contribution in [1.82, 2.24) is 9.80 Å². The van der Waals surface area contributed by atoms with E-state index < -0.39 is 23.0 Å². The molecule has 2 fully saturated rings. The lowest BCUT2D eigenvalue weighted by Crippen LogP contribution is -2.64. The van der Waals surface area contributed by atoms with E-state index >= 15 is 0 Å². The van der Waals surface area contributed by atoms with E-state index in [-0.39, 0.29) is 24.0 Å². The van der Waals surface area contributed by atoms with Crippen molar-refractivity contribution < 1.29 is 23.4 Å². The molecule has 196 valence electrons. The molecular weight excluding hydrogens is 486 g/mol. The zero-order valence-corrected chi connectivity index (χ0v) is 22.1. The van der Waals surface area contributed by atoms with Crippen LogP contribution in [0.15, 0.2) is 54.6 Å². The van der Waals surface area contributed by atoms with Crippen LogP contribution >= 0.6 is 12.4 Å². The second kappa shape index (κ2) is 10.5. The number of amides is 1. The van der Waals surface area contributed by atoms with E-state index in [0.717, 1.165) is 29.7 Å². The molecule has 2 aromatic carbocycles. The Balaban J connectivity index is 0.00000361. The van der Waals surface area contributed by atoms with Crippen molar-refractivity contribution in [3.05, 3.63) is 77.4 Å². The average molecular weight is 521 g/mol. The van der Waals surface area contributed by atoms with Crippen molar-refractivity contribution in [1.29, 1.82) is 0 Å². The summed E-state index contributed by atoms with van der Waals surface area (Å²) < 4.78 is 32.7. The Morgan fingerprint density at radius 3 is 1.89 bits per heavy atom. The van der Waals surface area contributed by atoms with Gasteiger partial charge in [0.15, 0.2) is 11.3 Å². The molecule has 0 bridgehead atoms. The SMILES string of the molecule is CC(C)(C)N1C(=O)OC2(CCN(CCC=C(c3ccc(F)cc3)c3ccc(F)cc3)CC2)C1(C)O.Cl. The molecule has 0 aromatic heterocycles. The van der Waals surface area contributed by atoms with Crippen LogP contribution in [0, 0.1) is 11.6 Å². The lowest BCUT2D eigenvalue weighted by atomic mass is 9.80. The lowest BCUT2D eigenvalue weighted by Gasteiger charge is -2.47. The van der Waals surface area contributed by atoms with E-state index in [1.54, 1.807) is 31.2 Å². The number of likely N-dealkylation sites (tertiary alicyclic amines) is 1. The Hall–Kier alpha value is -2.48. The van der Waals surface area contributed by atoms with Gasteiger partial charge in [-0.25, -0.2) is 13.6 Å². The minimum absolute atomic E-state index is 0. The number of hydrogen-bond acceptors (Lipinski definition) is 4. The maximum atomic E-state index is 13.5. The molecule has 2 aromatic rings. The highest BCUT2D eigenvalue weighted by atomic mass is 35.5. The summed E-state index contributed by atoms with van der Waals surface area (Å²) >= 11 is 0. The van der Waals surface area contributed by atoms with Crippen molar-refractivity contribution in [3.8, 4) is 0 Å². The first kappa shape index (κ1) is 28.1. The fraction of sp³-hybridized carbons (Fsp3) is 0.464. The maximum Gasteiger partial charge on any atom is 0.413 e. The maximum absolute atomic E-state index is 13.5. The summed E-state index contributed by atoms with van der Waals surface area (Å²) in [6, 6.07) is 12.6. The van der Waals surface area contributed by atoms with Gasteiger partial charge in [-0.05, 0) is 75.1 Å². The first-order valence-corrected chi connectivity index (χ1v) is 12.1. The molecule has 8 heteroatoms. The normalized spacial score (nSPS) is 21.8. The fourth-order valence-corrected chi connectivity index (χ4v) is 5.38. The average Bonchev–Trinajstić information content (AvgIpc) is 2.98. The number of carbonyl (C=O) groups is 1. The smallest absolute Gasteiger partial charge is 0.413 e. The quantitative estimate of drug-likeness (QED) is 0.525. The molecule has 2 aliphatic heterocycles. The predicted octanol–water partition coefficient (Wildman–Crippen LogP) is 6.00. The molecule has 1 N–H and O–H groups in total. The Morgan fingerprint density at radius 2 is 1.47 bits per heavy atom. The van der Waals surface area contributed by atoms with Gasteiger partial charge >= 0.3 is 6.09 Å². The molecule has 36 heavy (non-hydrogen) atoms. The second-order valence-electron chi connectivity index (χ2n) is 10.7. The van der Waals surface area contributed by atoms with E-state index in [1.165, 1.54) is 29.2 Å². The Morgan fingerprint density at radius 1 is 1.00 bits per heavy atom. The number of ether oxygens (including phenoxy) is 1. The van der Waals surface area contributed by atoms with Crippen molar-refractivity contribution in [2.75, 3.05) is 19.6 Å². The number of aliphatic hydroxyl groups is 1. The Kier molecular flexibility index (Phi) is 8.18. The van der Waals surface area contributed by atoms with Crippen LogP contribution in [0.1, 0.15) is 58.1 Å². The van der Waals surface area contributed by atoms with Crippen molar-refractivity contribution in [3.63, 3.8) is 0 Å². The van der Waals surface area contributed by atoms with Gasteiger partial charge in [0.25, 0.3) is 0 Å². The van der Waals surface area contributed by atoms with Crippen LogP contribution in [-0.2, 0) is 4.74 Å². The molecule has 2 aliphatic rings. The molecule has 0 saturated carbocycles. The minimum atomic E-state index is -1.38. The highest BCUT2D eigenvalue weighted by Crippen LogP contribution is 2.47. The van der Waals surface area contributed by atoms with E-state index in [1.807, 2.05) is 20.8 Å². The van der Waals surface area contributed by atoms with Crippen LogP contribution in [0.3, 0.4) is 0 Å². The second-order valence-corrected chi connectivity index (χ2v) is 10.7. The number of rotatable bonds is 5. The molecule has 1 amide bonds. The molecule has 1 atom stereocenters. The Labute approximate surface area is 218 Å². The van der Waals surface area contributed by atoms with Gasteiger partial charge < -0.3 is 14.7 Å². The van der Waals surface area contributed by atoms with Gasteiger partial charge in [0, 0.05) is 38.0 Å². The van der Waals surface area contributed by atoms with Gasteiger partial charge in [-0.1, -0.05) is 30.3 Å². The molecule has 0 aliphatic carbocycles. The van der Waals surface area contributed by atoms with Gasteiger partial charge in [-0.2, -0.15) is 0 Å². The molecule has 2 heterocycles. The lowest BCUT2D eigenvalue weighted by molar-refractivity contribution is -0.179. The molecule has 4 rings (SSSR count). The molecule has 1 spiro atoms. The summed E-state index contributed by atoms with van der Waals surface area (Å²) in [7, 11) is 0. The molecule has 0 radical (unpaired) electrons. The highest BCUT2D eigenvalue weighted by Gasteiger charge is 2.64. The third kappa shape index (κ3) is 5.43. The summed E-state index contributed by atoms with van der Waals surface area (Å²) in [4.78, 5) is 16.4. The zero-order chi connectivity index (χ0) is 25.4.